The Bertz CT molecular complexity index is 581. The van der Waals surface area contributed by atoms with Crippen molar-refractivity contribution in [3.8, 4) is 5.75 Å². The van der Waals surface area contributed by atoms with Gasteiger partial charge in [0.25, 0.3) is 0 Å². The van der Waals surface area contributed by atoms with Gasteiger partial charge in [0.15, 0.2) is 0 Å². The number of aromatic nitrogens is 1. The lowest BCUT2D eigenvalue weighted by Gasteiger charge is -2.15. The van der Waals surface area contributed by atoms with Gasteiger partial charge in [-0.3, -0.25) is 10.5 Å². The Kier molecular flexibility index (Phi) is 2.47. The first-order valence-corrected chi connectivity index (χ1v) is 5.26. The van der Waals surface area contributed by atoms with Crippen LogP contribution in [0.3, 0.4) is 0 Å². The molecule has 1 aromatic carbocycles. The van der Waals surface area contributed by atoms with Crippen LogP contribution in [0.15, 0.2) is 16.9 Å². The molecule has 86 valence electrons. The minimum Gasteiger partial charge on any atom is -0.506 e. The fourth-order valence-corrected chi connectivity index (χ4v) is 2.36. The summed E-state index contributed by atoms with van der Waals surface area (Å²) in [5.41, 5.74) is 5.85. The van der Waals surface area contributed by atoms with Crippen LogP contribution in [-0.2, 0) is 6.42 Å². The number of nitrogens with two attached hydrogens (primary N) is 1. The largest absolute Gasteiger partial charge is 0.506 e. The van der Waals surface area contributed by atoms with Crippen molar-refractivity contribution in [2.24, 2.45) is 5.73 Å². The van der Waals surface area contributed by atoms with E-state index in [9.17, 15) is 9.90 Å². The number of aliphatic hydroxyl groups is 2. The van der Waals surface area contributed by atoms with E-state index in [0.717, 1.165) is 11.3 Å². The highest BCUT2D eigenvalue weighted by Gasteiger charge is 2.20. The lowest BCUT2D eigenvalue weighted by molar-refractivity contribution is -0.153. The van der Waals surface area contributed by atoms with Crippen molar-refractivity contribution in [1.82, 2.24) is 4.98 Å². The molecule has 6 nitrogen and oxygen atoms in total. The summed E-state index contributed by atoms with van der Waals surface area (Å²) >= 11 is 0.885. The van der Waals surface area contributed by atoms with E-state index in [4.69, 9.17) is 15.9 Å². The third-order valence-electron chi connectivity index (χ3n) is 2.09. The minimum absolute atomic E-state index is 0.0596. The summed E-state index contributed by atoms with van der Waals surface area (Å²) in [6, 6.07) is 2.86. The summed E-state index contributed by atoms with van der Waals surface area (Å²) in [4.78, 5) is 13.3. The van der Waals surface area contributed by atoms with E-state index in [1.54, 1.807) is 0 Å². The number of hydrogen-bond donors (Lipinski definition) is 5. The number of benzene rings is 1. The highest BCUT2D eigenvalue weighted by Crippen LogP contribution is 2.28. The monoisotopic (exact) mass is 242 g/mol. The summed E-state index contributed by atoms with van der Waals surface area (Å²) in [7, 11) is 0. The third-order valence-corrected chi connectivity index (χ3v) is 3.05. The molecule has 0 unspecified atom stereocenters. The van der Waals surface area contributed by atoms with Crippen molar-refractivity contribution in [2.45, 2.75) is 12.3 Å². The summed E-state index contributed by atoms with van der Waals surface area (Å²) in [6.45, 7) is 0. The van der Waals surface area contributed by atoms with Crippen LogP contribution in [0.5, 0.6) is 5.75 Å². The number of hydrogen-bond acceptors (Lipinski definition) is 6. The van der Waals surface area contributed by atoms with Crippen LogP contribution >= 0.6 is 11.3 Å². The highest BCUT2D eigenvalue weighted by molar-refractivity contribution is 7.16. The van der Waals surface area contributed by atoms with Gasteiger partial charge >= 0.3 is 4.87 Å². The molecular weight excluding hydrogens is 232 g/mol. The van der Waals surface area contributed by atoms with E-state index in [1.807, 2.05) is 0 Å². The van der Waals surface area contributed by atoms with Crippen LogP contribution in [-0.4, -0.2) is 26.2 Å². The number of H-pyrrole nitrogens is 1. The normalized spacial score (nSPS) is 12.2. The number of phenolic OH excluding ortho intramolecular Hbond substituents is 1. The molecule has 0 atom stereocenters. The standard InChI is InChI=1S/C9H10N2O4S/c10-9(14,15)3-4-1-2-5(12)6-7(4)16-8(13)11-6/h1-2,12,14-15H,3,10H2,(H,11,13). The van der Waals surface area contributed by atoms with Crippen LogP contribution in [0, 0.1) is 0 Å². The molecule has 0 saturated carbocycles. The van der Waals surface area contributed by atoms with Crippen LogP contribution in [0.2, 0.25) is 0 Å². The number of aromatic amines is 1. The summed E-state index contributed by atoms with van der Waals surface area (Å²) in [6.07, 6.45) is -0.225. The van der Waals surface area contributed by atoms with E-state index < -0.39 is 5.91 Å². The van der Waals surface area contributed by atoms with Gasteiger partial charge in [-0.2, -0.15) is 0 Å². The molecular formula is C9H10N2O4S. The molecule has 2 aromatic rings. The van der Waals surface area contributed by atoms with E-state index in [-0.39, 0.29) is 22.6 Å². The summed E-state index contributed by atoms with van der Waals surface area (Å²) in [5.74, 6) is -2.40. The van der Waals surface area contributed by atoms with Gasteiger partial charge in [-0.05, 0) is 11.6 Å². The number of phenols is 1. The molecule has 0 saturated heterocycles. The predicted octanol–water partition coefficient (Wildman–Crippen LogP) is -0.565. The first-order valence-electron chi connectivity index (χ1n) is 4.44. The Hall–Kier alpha value is -1.41. The van der Waals surface area contributed by atoms with Gasteiger partial charge < -0.3 is 20.3 Å². The number of nitrogens with one attached hydrogen (secondary N) is 1. The minimum atomic E-state index is -2.34. The smallest absolute Gasteiger partial charge is 0.305 e. The Morgan fingerprint density at radius 3 is 2.75 bits per heavy atom. The van der Waals surface area contributed by atoms with E-state index in [1.165, 1.54) is 12.1 Å². The Balaban J connectivity index is 2.63. The van der Waals surface area contributed by atoms with Crippen LogP contribution in [0.4, 0.5) is 0 Å². The molecule has 1 heterocycles. The maximum absolute atomic E-state index is 11.2. The number of thiazole rings is 1. The fraction of sp³-hybridized carbons (Fsp3) is 0.222. The second-order valence-electron chi connectivity index (χ2n) is 3.52. The van der Waals surface area contributed by atoms with Gasteiger partial charge in [0, 0.05) is 6.42 Å². The van der Waals surface area contributed by atoms with Crippen LogP contribution in [0.1, 0.15) is 5.56 Å². The van der Waals surface area contributed by atoms with Gasteiger partial charge in [0.1, 0.15) is 11.3 Å². The van der Waals surface area contributed by atoms with Crippen molar-refractivity contribution in [1.29, 1.82) is 0 Å². The maximum Gasteiger partial charge on any atom is 0.305 e. The van der Waals surface area contributed by atoms with Crippen molar-refractivity contribution >= 4 is 21.6 Å². The van der Waals surface area contributed by atoms with Gasteiger partial charge in [-0.15, -0.1) is 0 Å². The van der Waals surface area contributed by atoms with E-state index in [2.05, 4.69) is 4.98 Å². The molecule has 0 radical (unpaired) electrons. The Labute approximate surface area is 93.6 Å². The summed E-state index contributed by atoms with van der Waals surface area (Å²) in [5, 5.41) is 27.7. The predicted molar refractivity (Wildman–Crippen MR) is 59.2 cm³/mol. The lowest BCUT2D eigenvalue weighted by atomic mass is 10.1. The lowest BCUT2D eigenvalue weighted by Crippen LogP contribution is -2.41. The quantitative estimate of drug-likeness (QED) is 0.452. The average molecular weight is 242 g/mol. The number of aromatic hydroxyl groups is 1. The van der Waals surface area contributed by atoms with Crippen molar-refractivity contribution in [3.63, 3.8) is 0 Å². The van der Waals surface area contributed by atoms with E-state index in [0.29, 0.717) is 10.3 Å². The first-order chi connectivity index (χ1) is 7.37. The molecule has 16 heavy (non-hydrogen) atoms. The van der Waals surface area contributed by atoms with Crippen LogP contribution in [0.25, 0.3) is 10.2 Å². The zero-order chi connectivity index (χ0) is 11.9. The SMILES string of the molecule is NC(O)(O)Cc1ccc(O)c2[nH]c(=O)sc12. The molecule has 0 amide bonds. The van der Waals surface area contributed by atoms with Gasteiger partial charge in [-0.25, -0.2) is 0 Å². The number of fused-ring (bicyclic) bond motifs is 1. The Morgan fingerprint density at radius 2 is 2.12 bits per heavy atom. The average Bonchev–Trinajstić information content (AvgIpc) is 2.51. The molecule has 0 aliphatic rings. The number of rotatable bonds is 2. The molecule has 7 heteroatoms. The molecule has 6 N–H and O–H groups in total. The third kappa shape index (κ3) is 2.07. The molecule has 0 bridgehead atoms. The molecule has 1 aromatic heterocycles. The van der Waals surface area contributed by atoms with Gasteiger partial charge in [0.05, 0.1) is 4.70 Å². The zero-order valence-corrected chi connectivity index (χ0v) is 8.91. The molecule has 0 fully saturated rings. The second kappa shape index (κ2) is 3.56. The second-order valence-corrected chi connectivity index (χ2v) is 4.50. The first kappa shape index (κ1) is 11.1. The highest BCUT2D eigenvalue weighted by atomic mass is 32.1. The van der Waals surface area contributed by atoms with Crippen molar-refractivity contribution in [3.05, 3.63) is 27.4 Å². The maximum atomic E-state index is 11.2. The van der Waals surface area contributed by atoms with Gasteiger partial charge in [0.2, 0.25) is 5.91 Å². The van der Waals surface area contributed by atoms with E-state index >= 15 is 0 Å². The van der Waals surface area contributed by atoms with Gasteiger partial charge in [-0.1, -0.05) is 17.4 Å². The Morgan fingerprint density at radius 1 is 1.44 bits per heavy atom. The fourth-order valence-electron chi connectivity index (χ4n) is 1.49. The summed E-state index contributed by atoms with van der Waals surface area (Å²) < 4.78 is 0.475. The molecule has 0 aliphatic carbocycles. The zero-order valence-electron chi connectivity index (χ0n) is 8.10. The van der Waals surface area contributed by atoms with Crippen molar-refractivity contribution < 1.29 is 15.3 Å². The molecule has 2 rings (SSSR count). The van der Waals surface area contributed by atoms with Crippen molar-refractivity contribution in [2.75, 3.05) is 0 Å². The molecule has 0 spiro atoms. The topological polar surface area (TPSA) is 120 Å². The molecule has 0 aliphatic heterocycles. The van der Waals surface area contributed by atoms with Crippen LogP contribution < -0.4 is 10.6 Å².